The molecule has 0 unspecified atom stereocenters. The number of rotatable bonds is 7. The van der Waals surface area contributed by atoms with Crippen LogP contribution in [-0.2, 0) is 4.79 Å². The van der Waals surface area contributed by atoms with Crippen molar-refractivity contribution in [3.63, 3.8) is 0 Å². The summed E-state index contributed by atoms with van der Waals surface area (Å²) in [5.74, 6) is 0.0326. The SMILES string of the molecule is COc1ccc(C(=O)N2CCN(C(=O)NCCCC(=O)O)CC2)cc1OC. The number of hydrogen-bond donors (Lipinski definition) is 2. The predicted octanol–water partition coefficient (Wildman–Crippen LogP) is 1.04. The second-order valence-electron chi connectivity index (χ2n) is 6.08. The molecule has 148 valence electrons. The highest BCUT2D eigenvalue weighted by atomic mass is 16.5. The molecule has 2 rings (SSSR count). The van der Waals surface area contributed by atoms with E-state index < -0.39 is 5.97 Å². The van der Waals surface area contributed by atoms with Gasteiger partial charge in [-0.3, -0.25) is 9.59 Å². The number of carboxylic acids is 1. The Hall–Kier alpha value is -2.97. The van der Waals surface area contributed by atoms with Crippen LogP contribution in [0.2, 0.25) is 0 Å². The Bertz CT molecular complexity index is 686. The molecule has 0 radical (unpaired) electrons. The van der Waals surface area contributed by atoms with Gasteiger partial charge in [-0.15, -0.1) is 0 Å². The number of urea groups is 1. The molecule has 1 fully saturated rings. The third-order valence-electron chi connectivity index (χ3n) is 4.33. The summed E-state index contributed by atoms with van der Waals surface area (Å²) in [7, 11) is 3.05. The van der Waals surface area contributed by atoms with Crippen molar-refractivity contribution in [2.75, 3.05) is 46.9 Å². The van der Waals surface area contributed by atoms with Crippen LogP contribution in [-0.4, -0.2) is 79.8 Å². The maximum absolute atomic E-state index is 12.7. The third kappa shape index (κ3) is 5.50. The van der Waals surface area contributed by atoms with Gasteiger partial charge in [0.2, 0.25) is 0 Å². The molecule has 27 heavy (non-hydrogen) atoms. The van der Waals surface area contributed by atoms with Crippen LogP contribution < -0.4 is 14.8 Å². The van der Waals surface area contributed by atoms with Gasteiger partial charge >= 0.3 is 12.0 Å². The molecule has 3 amide bonds. The molecule has 0 saturated carbocycles. The average molecular weight is 379 g/mol. The molecule has 9 nitrogen and oxygen atoms in total. The van der Waals surface area contributed by atoms with E-state index in [1.54, 1.807) is 28.0 Å². The highest BCUT2D eigenvalue weighted by Crippen LogP contribution is 2.28. The first-order chi connectivity index (χ1) is 13.0. The summed E-state index contributed by atoms with van der Waals surface area (Å²) in [6.45, 7) is 2.01. The summed E-state index contributed by atoms with van der Waals surface area (Å²) in [5.41, 5.74) is 0.499. The summed E-state index contributed by atoms with van der Waals surface area (Å²) in [5, 5.41) is 11.3. The summed E-state index contributed by atoms with van der Waals surface area (Å²) in [4.78, 5) is 38.5. The molecule has 2 N–H and O–H groups in total. The minimum atomic E-state index is -0.883. The number of ether oxygens (including phenoxy) is 2. The van der Waals surface area contributed by atoms with Gasteiger partial charge in [-0.05, 0) is 24.6 Å². The molecule has 0 aromatic heterocycles. The van der Waals surface area contributed by atoms with E-state index in [4.69, 9.17) is 14.6 Å². The van der Waals surface area contributed by atoms with E-state index in [0.717, 1.165) is 0 Å². The molecule has 0 aliphatic carbocycles. The van der Waals surface area contributed by atoms with E-state index in [1.165, 1.54) is 14.2 Å². The summed E-state index contributed by atoms with van der Waals surface area (Å²) in [6.07, 6.45) is 0.409. The minimum Gasteiger partial charge on any atom is -0.493 e. The Balaban J connectivity index is 1.85. The summed E-state index contributed by atoms with van der Waals surface area (Å²) >= 11 is 0. The van der Waals surface area contributed by atoms with E-state index in [1.807, 2.05) is 0 Å². The zero-order valence-corrected chi connectivity index (χ0v) is 15.6. The molecule has 9 heteroatoms. The number of carbonyl (C=O) groups excluding carboxylic acids is 2. The van der Waals surface area contributed by atoms with Crippen molar-refractivity contribution in [3.8, 4) is 11.5 Å². The fraction of sp³-hybridized carbons (Fsp3) is 0.500. The molecule has 1 saturated heterocycles. The Morgan fingerprint density at radius 2 is 1.67 bits per heavy atom. The molecule has 1 aliphatic rings. The number of aliphatic carboxylic acids is 1. The maximum Gasteiger partial charge on any atom is 0.317 e. The molecule has 0 atom stereocenters. The van der Waals surface area contributed by atoms with E-state index in [0.29, 0.717) is 56.2 Å². The molecule has 0 bridgehead atoms. The van der Waals surface area contributed by atoms with Gasteiger partial charge < -0.3 is 29.7 Å². The predicted molar refractivity (Wildman–Crippen MR) is 97.3 cm³/mol. The number of amides is 3. The Morgan fingerprint density at radius 3 is 2.26 bits per heavy atom. The fourth-order valence-electron chi connectivity index (χ4n) is 2.81. The van der Waals surface area contributed by atoms with Crippen LogP contribution in [0, 0.1) is 0 Å². The van der Waals surface area contributed by atoms with Gasteiger partial charge in [0, 0.05) is 44.7 Å². The van der Waals surface area contributed by atoms with Crippen molar-refractivity contribution in [2.24, 2.45) is 0 Å². The van der Waals surface area contributed by atoms with Crippen LogP contribution in [0.5, 0.6) is 11.5 Å². The topological polar surface area (TPSA) is 108 Å². The van der Waals surface area contributed by atoms with E-state index in [9.17, 15) is 14.4 Å². The number of nitrogens with zero attached hydrogens (tertiary/aromatic N) is 2. The quantitative estimate of drug-likeness (QED) is 0.685. The normalized spacial score (nSPS) is 13.9. The number of carboxylic acid groups (broad SMARTS) is 1. The molecule has 1 heterocycles. The first kappa shape index (κ1) is 20.3. The van der Waals surface area contributed by atoms with E-state index in [2.05, 4.69) is 5.32 Å². The first-order valence-corrected chi connectivity index (χ1v) is 8.72. The van der Waals surface area contributed by atoms with Crippen LogP contribution in [0.15, 0.2) is 18.2 Å². The fourth-order valence-corrected chi connectivity index (χ4v) is 2.81. The minimum absolute atomic E-state index is 0.0217. The number of hydrogen-bond acceptors (Lipinski definition) is 5. The number of nitrogens with one attached hydrogen (secondary N) is 1. The van der Waals surface area contributed by atoms with Crippen molar-refractivity contribution in [3.05, 3.63) is 23.8 Å². The zero-order chi connectivity index (χ0) is 19.8. The van der Waals surface area contributed by atoms with Crippen LogP contribution in [0.4, 0.5) is 4.79 Å². The Labute approximate surface area is 157 Å². The van der Waals surface area contributed by atoms with E-state index in [-0.39, 0.29) is 18.4 Å². The molecule has 0 spiro atoms. The molecular weight excluding hydrogens is 354 g/mol. The standard InChI is InChI=1S/C18H25N3O6/c1-26-14-6-5-13(12-15(14)27-2)17(24)20-8-10-21(11-9-20)18(25)19-7-3-4-16(22)23/h5-6,12H,3-4,7-11H2,1-2H3,(H,19,25)(H,22,23). The van der Waals surface area contributed by atoms with Crippen LogP contribution in [0.1, 0.15) is 23.2 Å². The molecule has 1 aromatic rings. The third-order valence-corrected chi connectivity index (χ3v) is 4.33. The van der Waals surface area contributed by atoms with Gasteiger partial charge in [0.15, 0.2) is 11.5 Å². The van der Waals surface area contributed by atoms with E-state index >= 15 is 0 Å². The molecule has 1 aliphatic heterocycles. The molecular formula is C18H25N3O6. The average Bonchev–Trinajstić information content (AvgIpc) is 2.69. The number of piperazine rings is 1. The second-order valence-corrected chi connectivity index (χ2v) is 6.08. The highest BCUT2D eigenvalue weighted by Gasteiger charge is 2.25. The van der Waals surface area contributed by atoms with Gasteiger partial charge in [-0.2, -0.15) is 0 Å². The van der Waals surface area contributed by atoms with Crippen molar-refractivity contribution < 1.29 is 29.0 Å². The summed E-state index contributed by atoms with van der Waals surface area (Å²) in [6, 6.07) is 4.78. The number of carbonyl (C=O) groups is 3. The lowest BCUT2D eigenvalue weighted by Gasteiger charge is -2.34. The Kier molecular flexibility index (Phi) is 7.27. The van der Waals surface area contributed by atoms with Gasteiger partial charge in [0.25, 0.3) is 5.91 Å². The van der Waals surface area contributed by atoms with Crippen molar-refractivity contribution >= 4 is 17.9 Å². The van der Waals surface area contributed by atoms with Crippen molar-refractivity contribution in [1.82, 2.24) is 15.1 Å². The highest BCUT2D eigenvalue weighted by molar-refractivity contribution is 5.95. The largest absolute Gasteiger partial charge is 0.493 e. The van der Waals surface area contributed by atoms with Crippen LogP contribution in [0.25, 0.3) is 0 Å². The number of methoxy groups -OCH3 is 2. The summed E-state index contributed by atoms with van der Waals surface area (Å²) < 4.78 is 10.4. The lowest BCUT2D eigenvalue weighted by atomic mass is 10.1. The van der Waals surface area contributed by atoms with Crippen molar-refractivity contribution in [2.45, 2.75) is 12.8 Å². The molecule has 1 aromatic carbocycles. The van der Waals surface area contributed by atoms with Crippen LogP contribution >= 0.6 is 0 Å². The lowest BCUT2D eigenvalue weighted by Crippen LogP contribution is -2.53. The lowest BCUT2D eigenvalue weighted by molar-refractivity contribution is -0.137. The maximum atomic E-state index is 12.7. The van der Waals surface area contributed by atoms with Gasteiger partial charge in [-0.1, -0.05) is 0 Å². The number of benzene rings is 1. The van der Waals surface area contributed by atoms with Gasteiger partial charge in [0.05, 0.1) is 14.2 Å². The van der Waals surface area contributed by atoms with Crippen LogP contribution in [0.3, 0.4) is 0 Å². The zero-order valence-electron chi connectivity index (χ0n) is 15.6. The van der Waals surface area contributed by atoms with Crippen molar-refractivity contribution in [1.29, 1.82) is 0 Å². The second kappa shape index (κ2) is 9.65. The first-order valence-electron chi connectivity index (χ1n) is 8.72. The Morgan fingerprint density at radius 1 is 1.04 bits per heavy atom. The van der Waals surface area contributed by atoms with Gasteiger partial charge in [-0.25, -0.2) is 4.79 Å². The smallest absolute Gasteiger partial charge is 0.317 e. The van der Waals surface area contributed by atoms with Gasteiger partial charge in [0.1, 0.15) is 0 Å². The monoisotopic (exact) mass is 379 g/mol.